The molecule has 5 rings (SSSR count). The second-order valence-electron chi connectivity index (χ2n) is 8.20. The van der Waals surface area contributed by atoms with Crippen molar-refractivity contribution in [2.75, 3.05) is 13.7 Å². The van der Waals surface area contributed by atoms with Gasteiger partial charge < -0.3 is 14.0 Å². The lowest BCUT2D eigenvalue weighted by Crippen LogP contribution is -2.41. The Hall–Kier alpha value is -3.81. The van der Waals surface area contributed by atoms with Crippen LogP contribution in [0, 0.1) is 0 Å². The summed E-state index contributed by atoms with van der Waals surface area (Å²) in [5, 5.41) is 0. The Morgan fingerprint density at radius 1 is 1.00 bits per heavy atom. The van der Waals surface area contributed by atoms with Crippen LogP contribution in [0.4, 0.5) is 0 Å². The molecule has 1 fully saturated rings. The molecule has 33 heavy (non-hydrogen) atoms. The minimum atomic E-state index is -0.363. The second-order valence-corrected chi connectivity index (χ2v) is 8.20. The van der Waals surface area contributed by atoms with Crippen LogP contribution in [0.15, 0.2) is 70.5 Å². The SMILES string of the molecule is COc1cccc(-n2c(=O)n(C3CCCC3)c(=O)c3c2ncn3CCOc2ccccc2)c1. The van der Waals surface area contributed by atoms with E-state index in [0.29, 0.717) is 35.8 Å². The molecule has 170 valence electrons. The zero-order valence-electron chi connectivity index (χ0n) is 18.5. The van der Waals surface area contributed by atoms with E-state index in [1.807, 2.05) is 48.5 Å². The summed E-state index contributed by atoms with van der Waals surface area (Å²) in [5.41, 5.74) is 0.701. The maximum Gasteiger partial charge on any atom is 0.337 e. The number of para-hydroxylation sites is 1. The molecule has 2 heterocycles. The summed E-state index contributed by atoms with van der Waals surface area (Å²) in [4.78, 5) is 31.7. The van der Waals surface area contributed by atoms with Gasteiger partial charge in [0, 0.05) is 12.1 Å². The molecule has 1 aliphatic carbocycles. The van der Waals surface area contributed by atoms with Gasteiger partial charge in [0.1, 0.15) is 18.1 Å². The summed E-state index contributed by atoms with van der Waals surface area (Å²) < 4.78 is 15.9. The molecular weight excluding hydrogens is 420 g/mol. The molecule has 8 nitrogen and oxygen atoms in total. The van der Waals surface area contributed by atoms with Crippen molar-refractivity contribution in [1.29, 1.82) is 0 Å². The van der Waals surface area contributed by atoms with Gasteiger partial charge in [-0.05, 0) is 37.1 Å². The number of imidazole rings is 1. The highest BCUT2D eigenvalue weighted by Crippen LogP contribution is 2.28. The summed E-state index contributed by atoms with van der Waals surface area (Å²) in [6.45, 7) is 0.804. The Labute approximate surface area is 190 Å². The summed E-state index contributed by atoms with van der Waals surface area (Å²) in [5.74, 6) is 1.39. The third-order valence-corrected chi connectivity index (χ3v) is 6.19. The molecule has 1 saturated carbocycles. The van der Waals surface area contributed by atoms with Crippen molar-refractivity contribution in [1.82, 2.24) is 18.7 Å². The highest BCUT2D eigenvalue weighted by atomic mass is 16.5. The van der Waals surface area contributed by atoms with Crippen LogP contribution in [-0.4, -0.2) is 32.4 Å². The van der Waals surface area contributed by atoms with E-state index in [1.165, 1.54) is 9.13 Å². The minimum Gasteiger partial charge on any atom is -0.497 e. The Bertz CT molecular complexity index is 1380. The molecule has 1 aliphatic rings. The van der Waals surface area contributed by atoms with Crippen LogP contribution in [0.3, 0.4) is 0 Å². The Morgan fingerprint density at radius 3 is 2.52 bits per heavy atom. The smallest absolute Gasteiger partial charge is 0.337 e. The largest absolute Gasteiger partial charge is 0.497 e. The van der Waals surface area contributed by atoms with E-state index in [1.54, 1.807) is 24.1 Å². The van der Waals surface area contributed by atoms with E-state index in [4.69, 9.17) is 9.47 Å². The molecule has 0 unspecified atom stereocenters. The van der Waals surface area contributed by atoms with Gasteiger partial charge in [0.05, 0.1) is 25.7 Å². The fourth-order valence-electron chi connectivity index (χ4n) is 4.57. The summed E-state index contributed by atoms with van der Waals surface area (Å²) >= 11 is 0. The van der Waals surface area contributed by atoms with E-state index >= 15 is 0 Å². The van der Waals surface area contributed by atoms with Crippen LogP contribution in [0.1, 0.15) is 31.7 Å². The van der Waals surface area contributed by atoms with Gasteiger partial charge in [-0.25, -0.2) is 14.3 Å². The number of fused-ring (bicyclic) bond motifs is 1. The predicted octanol–water partition coefficient (Wildman–Crippen LogP) is 3.55. The number of aromatic nitrogens is 4. The first-order valence-electron chi connectivity index (χ1n) is 11.2. The molecule has 0 saturated heterocycles. The molecular formula is C25H26N4O4. The first-order valence-corrected chi connectivity index (χ1v) is 11.2. The third kappa shape index (κ3) is 3.92. The zero-order chi connectivity index (χ0) is 22.8. The van der Waals surface area contributed by atoms with E-state index in [0.717, 1.165) is 31.4 Å². The van der Waals surface area contributed by atoms with E-state index in [9.17, 15) is 9.59 Å². The monoisotopic (exact) mass is 446 g/mol. The third-order valence-electron chi connectivity index (χ3n) is 6.19. The first kappa shape index (κ1) is 21.1. The Kier molecular flexibility index (Phi) is 5.73. The fourth-order valence-corrected chi connectivity index (χ4v) is 4.57. The maximum atomic E-state index is 13.6. The second kappa shape index (κ2) is 8.97. The summed E-state index contributed by atoms with van der Waals surface area (Å²) in [6, 6.07) is 16.7. The number of hydrogen-bond donors (Lipinski definition) is 0. The van der Waals surface area contributed by atoms with Crippen molar-refractivity contribution in [3.05, 3.63) is 81.8 Å². The van der Waals surface area contributed by atoms with Crippen LogP contribution < -0.4 is 20.7 Å². The normalized spacial score (nSPS) is 14.1. The number of benzene rings is 2. The van der Waals surface area contributed by atoms with Crippen molar-refractivity contribution < 1.29 is 9.47 Å². The molecule has 0 radical (unpaired) electrons. The number of hydrogen-bond acceptors (Lipinski definition) is 5. The molecule has 0 atom stereocenters. The molecule has 8 heteroatoms. The van der Waals surface area contributed by atoms with Gasteiger partial charge in [-0.2, -0.15) is 0 Å². The molecule has 0 aliphatic heterocycles. The van der Waals surface area contributed by atoms with Crippen LogP contribution in [0.2, 0.25) is 0 Å². The zero-order valence-corrected chi connectivity index (χ0v) is 18.5. The van der Waals surface area contributed by atoms with Crippen LogP contribution in [0.5, 0.6) is 11.5 Å². The number of ether oxygens (including phenoxy) is 2. The quantitative estimate of drug-likeness (QED) is 0.434. The molecule has 0 bridgehead atoms. The van der Waals surface area contributed by atoms with E-state index < -0.39 is 0 Å². The molecule has 2 aromatic carbocycles. The highest BCUT2D eigenvalue weighted by molar-refractivity contribution is 5.72. The van der Waals surface area contributed by atoms with Crippen LogP contribution in [0.25, 0.3) is 16.9 Å². The number of nitrogens with zero attached hydrogens (tertiary/aromatic N) is 4. The van der Waals surface area contributed by atoms with Gasteiger partial charge in [0.2, 0.25) is 0 Å². The minimum absolute atomic E-state index is 0.102. The molecule has 0 N–H and O–H groups in total. The van der Waals surface area contributed by atoms with Crippen molar-refractivity contribution in [2.45, 2.75) is 38.3 Å². The van der Waals surface area contributed by atoms with Gasteiger partial charge >= 0.3 is 5.69 Å². The van der Waals surface area contributed by atoms with Crippen LogP contribution in [-0.2, 0) is 6.54 Å². The lowest BCUT2D eigenvalue weighted by Gasteiger charge is -2.17. The summed E-state index contributed by atoms with van der Waals surface area (Å²) in [7, 11) is 1.58. The van der Waals surface area contributed by atoms with Crippen LogP contribution >= 0.6 is 0 Å². The van der Waals surface area contributed by atoms with Gasteiger partial charge in [-0.15, -0.1) is 0 Å². The van der Waals surface area contributed by atoms with Crippen molar-refractivity contribution >= 4 is 11.2 Å². The van der Waals surface area contributed by atoms with Crippen molar-refractivity contribution in [2.24, 2.45) is 0 Å². The average Bonchev–Trinajstić information content (AvgIpc) is 3.51. The molecule has 0 spiro atoms. The first-order chi connectivity index (χ1) is 16.2. The van der Waals surface area contributed by atoms with E-state index in [2.05, 4.69) is 4.98 Å². The van der Waals surface area contributed by atoms with Gasteiger partial charge in [0.25, 0.3) is 5.56 Å². The van der Waals surface area contributed by atoms with Gasteiger partial charge in [-0.3, -0.25) is 9.36 Å². The Morgan fingerprint density at radius 2 is 1.76 bits per heavy atom. The van der Waals surface area contributed by atoms with E-state index in [-0.39, 0.29) is 17.3 Å². The molecule has 0 amide bonds. The number of rotatable bonds is 7. The topological polar surface area (TPSA) is 80.3 Å². The fraction of sp³-hybridized carbons (Fsp3) is 0.320. The maximum absolute atomic E-state index is 13.6. The molecule has 2 aromatic heterocycles. The molecule has 4 aromatic rings. The predicted molar refractivity (Wildman–Crippen MR) is 126 cm³/mol. The number of methoxy groups -OCH3 is 1. The lowest BCUT2D eigenvalue weighted by molar-refractivity contribution is 0.300. The average molecular weight is 447 g/mol. The van der Waals surface area contributed by atoms with Crippen molar-refractivity contribution in [3.63, 3.8) is 0 Å². The summed E-state index contributed by atoms with van der Waals surface area (Å²) in [6.07, 6.45) is 5.28. The van der Waals surface area contributed by atoms with Gasteiger partial charge in [-0.1, -0.05) is 37.1 Å². The lowest BCUT2D eigenvalue weighted by atomic mass is 10.2. The standard InChI is InChI=1S/C25H26N4O4/c1-32-21-13-7-10-19(16-21)28-23-22(24(30)29(25(28)31)18-8-5-6-9-18)27(17-26-23)14-15-33-20-11-3-2-4-12-20/h2-4,7,10-13,16-18H,5-6,8-9,14-15H2,1H3. The Balaban J connectivity index is 1.63. The van der Waals surface area contributed by atoms with Gasteiger partial charge in [0.15, 0.2) is 11.2 Å². The van der Waals surface area contributed by atoms with Crippen molar-refractivity contribution in [3.8, 4) is 17.2 Å². The highest BCUT2D eigenvalue weighted by Gasteiger charge is 2.26.